The highest BCUT2D eigenvalue weighted by molar-refractivity contribution is 5.93. The van der Waals surface area contributed by atoms with Gasteiger partial charge in [0.05, 0.1) is 16.6 Å². The van der Waals surface area contributed by atoms with E-state index in [0.29, 0.717) is 6.04 Å². The van der Waals surface area contributed by atoms with E-state index in [9.17, 15) is 4.79 Å². The Hall–Kier alpha value is -2.04. The molecule has 3 rings (SSSR count). The summed E-state index contributed by atoms with van der Waals surface area (Å²) in [6, 6.07) is 5.55. The Morgan fingerprint density at radius 3 is 2.84 bits per heavy atom. The molecular formula is C14H17N3O2. The highest BCUT2D eigenvalue weighted by Crippen LogP contribution is 2.24. The average Bonchev–Trinajstić information content (AvgIpc) is 2.99. The van der Waals surface area contributed by atoms with E-state index in [1.807, 2.05) is 17.7 Å². The molecule has 1 heterocycles. The van der Waals surface area contributed by atoms with Crippen molar-refractivity contribution in [3.05, 3.63) is 23.8 Å². The van der Waals surface area contributed by atoms with Gasteiger partial charge in [0, 0.05) is 13.1 Å². The van der Waals surface area contributed by atoms with Gasteiger partial charge in [-0.3, -0.25) is 0 Å². The number of aromatic carboxylic acids is 1. The molecule has 5 nitrogen and oxygen atoms in total. The fraction of sp³-hybridized carbons (Fsp3) is 0.429. The van der Waals surface area contributed by atoms with Crippen LogP contribution in [0.15, 0.2) is 18.2 Å². The van der Waals surface area contributed by atoms with Gasteiger partial charge >= 0.3 is 5.97 Å². The van der Waals surface area contributed by atoms with Crippen molar-refractivity contribution in [2.24, 2.45) is 7.05 Å². The number of aromatic nitrogens is 2. The third-order valence-corrected chi connectivity index (χ3v) is 3.82. The highest BCUT2D eigenvalue weighted by atomic mass is 16.4. The van der Waals surface area contributed by atoms with E-state index in [1.165, 1.54) is 25.7 Å². The largest absolute Gasteiger partial charge is 0.478 e. The molecule has 19 heavy (non-hydrogen) atoms. The molecule has 0 radical (unpaired) electrons. The van der Waals surface area contributed by atoms with Crippen LogP contribution in [0.3, 0.4) is 0 Å². The molecule has 0 bridgehead atoms. The van der Waals surface area contributed by atoms with Crippen molar-refractivity contribution in [3.8, 4) is 0 Å². The molecule has 0 saturated heterocycles. The SMILES string of the molecule is Cn1c(NC2CCCC2)nc2cc(C(=O)O)ccc21. The van der Waals surface area contributed by atoms with Gasteiger partial charge in [0.2, 0.25) is 5.95 Å². The Balaban J connectivity index is 1.96. The number of rotatable bonds is 3. The first-order valence-corrected chi connectivity index (χ1v) is 6.61. The predicted octanol–water partition coefficient (Wildman–Crippen LogP) is 2.63. The summed E-state index contributed by atoms with van der Waals surface area (Å²) in [7, 11) is 1.95. The quantitative estimate of drug-likeness (QED) is 0.889. The van der Waals surface area contributed by atoms with Crippen LogP contribution >= 0.6 is 0 Å². The summed E-state index contributed by atoms with van der Waals surface area (Å²) in [5.41, 5.74) is 1.95. The smallest absolute Gasteiger partial charge is 0.335 e. The van der Waals surface area contributed by atoms with Crippen molar-refractivity contribution < 1.29 is 9.90 Å². The van der Waals surface area contributed by atoms with Gasteiger partial charge in [0.15, 0.2) is 0 Å². The molecule has 0 unspecified atom stereocenters. The lowest BCUT2D eigenvalue weighted by atomic mass is 10.2. The fourth-order valence-electron chi connectivity index (χ4n) is 2.71. The van der Waals surface area contributed by atoms with Crippen molar-refractivity contribution in [1.29, 1.82) is 0 Å². The van der Waals surface area contributed by atoms with Gasteiger partial charge in [-0.2, -0.15) is 0 Å². The van der Waals surface area contributed by atoms with Gasteiger partial charge in [-0.15, -0.1) is 0 Å². The number of benzene rings is 1. The molecule has 2 N–H and O–H groups in total. The molecule has 1 fully saturated rings. The summed E-state index contributed by atoms with van der Waals surface area (Å²) in [6.07, 6.45) is 4.91. The number of hydrogen-bond donors (Lipinski definition) is 2. The standard InChI is InChI=1S/C14H17N3O2/c1-17-12-7-6-9(13(18)19)8-11(12)16-14(17)15-10-4-2-3-5-10/h6-8,10H,2-5H2,1H3,(H,15,16)(H,18,19). The first-order valence-electron chi connectivity index (χ1n) is 6.61. The maximum atomic E-state index is 11.0. The maximum absolute atomic E-state index is 11.0. The zero-order valence-electron chi connectivity index (χ0n) is 10.9. The van der Waals surface area contributed by atoms with Crippen LogP contribution < -0.4 is 5.32 Å². The van der Waals surface area contributed by atoms with E-state index >= 15 is 0 Å². The van der Waals surface area contributed by atoms with Crippen LogP contribution in [-0.2, 0) is 7.05 Å². The van der Waals surface area contributed by atoms with Gasteiger partial charge in [-0.25, -0.2) is 9.78 Å². The van der Waals surface area contributed by atoms with E-state index < -0.39 is 5.97 Å². The first kappa shape index (κ1) is 12.0. The zero-order valence-corrected chi connectivity index (χ0v) is 10.9. The van der Waals surface area contributed by atoms with Crippen LogP contribution in [0, 0.1) is 0 Å². The zero-order chi connectivity index (χ0) is 13.4. The van der Waals surface area contributed by atoms with Crippen LogP contribution in [-0.4, -0.2) is 26.7 Å². The lowest BCUT2D eigenvalue weighted by Gasteiger charge is -2.12. The van der Waals surface area contributed by atoms with Gasteiger partial charge in [-0.05, 0) is 31.0 Å². The van der Waals surface area contributed by atoms with Gasteiger partial charge < -0.3 is 15.0 Å². The third-order valence-electron chi connectivity index (χ3n) is 3.82. The average molecular weight is 259 g/mol. The van der Waals surface area contributed by atoms with E-state index in [0.717, 1.165) is 17.0 Å². The predicted molar refractivity (Wildman–Crippen MR) is 73.6 cm³/mol. The molecule has 0 aliphatic heterocycles. The summed E-state index contributed by atoms with van der Waals surface area (Å²) in [5, 5.41) is 12.5. The van der Waals surface area contributed by atoms with E-state index in [4.69, 9.17) is 5.11 Å². The highest BCUT2D eigenvalue weighted by Gasteiger charge is 2.17. The molecule has 5 heteroatoms. The minimum atomic E-state index is -0.919. The van der Waals surface area contributed by atoms with Gasteiger partial charge in [0.1, 0.15) is 0 Å². The Bertz CT molecular complexity index is 627. The molecule has 1 aromatic carbocycles. The summed E-state index contributed by atoms with van der Waals surface area (Å²) in [5.74, 6) is -0.0951. The number of nitrogens with zero attached hydrogens (tertiary/aromatic N) is 2. The molecule has 100 valence electrons. The summed E-state index contributed by atoms with van der Waals surface area (Å²) < 4.78 is 1.99. The number of nitrogens with one attached hydrogen (secondary N) is 1. The number of fused-ring (bicyclic) bond motifs is 1. The van der Waals surface area contributed by atoms with Crippen molar-refractivity contribution >= 4 is 23.0 Å². The van der Waals surface area contributed by atoms with Crippen molar-refractivity contribution in [3.63, 3.8) is 0 Å². The first-order chi connectivity index (χ1) is 9.15. The summed E-state index contributed by atoms with van der Waals surface area (Å²) in [4.78, 5) is 15.5. The molecule has 1 aliphatic carbocycles. The van der Waals surface area contributed by atoms with Crippen molar-refractivity contribution in [2.45, 2.75) is 31.7 Å². The molecule has 0 atom stereocenters. The maximum Gasteiger partial charge on any atom is 0.335 e. The molecule has 1 saturated carbocycles. The van der Waals surface area contributed by atoms with E-state index in [1.54, 1.807) is 12.1 Å². The second-order valence-electron chi connectivity index (χ2n) is 5.13. The van der Waals surface area contributed by atoms with Gasteiger partial charge in [-0.1, -0.05) is 12.8 Å². The lowest BCUT2D eigenvalue weighted by Crippen LogP contribution is -2.17. The van der Waals surface area contributed by atoms with Crippen molar-refractivity contribution in [2.75, 3.05) is 5.32 Å². The van der Waals surface area contributed by atoms with Gasteiger partial charge in [0.25, 0.3) is 0 Å². The van der Waals surface area contributed by atoms with E-state index in [2.05, 4.69) is 10.3 Å². The summed E-state index contributed by atoms with van der Waals surface area (Å²) >= 11 is 0. The Morgan fingerprint density at radius 2 is 2.16 bits per heavy atom. The molecule has 2 aromatic rings. The molecule has 0 amide bonds. The summed E-state index contributed by atoms with van der Waals surface area (Å²) in [6.45, 7) is 0. The Labute approximate surface area is 111 Å². The van der Waals surface area contributed by atoms with E-state index in [-0.39, 0.29) is 5.56 Å². The minimum absolute atomic E-state index is 0.276. The number of carboxylic acids is 1. The number of imidazole rings is 1. The lowest BCUT2D eigenvalue weighted by molar-refractivity contribution is 0.0697. The normalized spacial score (nSPS) is 16.1. The van der Waals surface area contributed by atoms with Crippen LogP contribution in [0.1, 0.15) is 36.0 Å². The number of aryl methyl sites for hydroxylation is 1. The number of carboxylic acid groups (broad SMARTS) is 1. The van der Waals surface area contributed by atoms with Crippen LogP contribution in [0.25, 0.3) is 11.0 Å². The Morgan fingerprint density at radius 1 is 1.42 bits per heavy atom. The fourth-order valence-corrected chi connectivity index (χ4v) is 2.71. The second-order valence-corrected chi connectivity index (χ2v) is 5.13. The van der Waals surface area contributed by atoms with Crippen LogP contribution in [0.2, 0.25) is 0 Å². The molecule has 1 aromatic heterocycles. The number of hydrogen-bond acceptors (Lipinski definition) is 3. The van der Waals surface area contributed by atoms with Crippen LogP contribution in [0.4, 0.5) is 5.95 Å². The monoisotopic (exact) mass is 259 g/mol. The number of carbonyl (C=O) groups is 1. The number of anilines is 1. The Kier molecular flexibility index (Phi) is 2.89. The third kappa shape index (κ3) is 2.16. The van der Waals surface area contributed by atoms with Crippen molar-refractivity contribution in [1.82, 2.24) is 9.55 Å². The minimum Gasteiger partial charge on any atom is -0.478 e. The molecular weight excluding hydrogens is 242 g/mol. The molecule has 0 spiro atoms. The molecule has 1 aliphatic rings. The second kappa shape index (κ2) is 4.57. The van der Waals surface area contributed by atoms with Crippen LogP contribution in [0.5, 0.6) is 0 Å². The topological polar surface area (TPSA) is 67.2 Å².